The van der Waals surface area contributed by atoms with Crippen molar-refractivity contribution in [1.29, 1.82) is 0 Å². The lowest BCUT2D eigenvalue weighted by atomic mass is 9.55. The van der Waals surface area contributed by atoms with Crippen molar-refractivity contribution in [2.24, 2.45) is 5.92 Å². The molecule has 2 nitrogen and oxygen atoms in total. The van der Waals surface area contributed by atoms with E-state index in [2.05, 4.69) is 202 Å². The van der Waals surface area contributed by atoms with Crippen LogP contribution in [0.3, 0.4) is 0 Å². The Balaban J connectivity index is 1.08. The molecule has 0 N–H and O–H groups in total. The molecule has 1 unspecified atom stereocenters. The van der Waals surface area contributed by atoms with Crippen LogP contribution in [0.15, 0.2) is 157 Å². The highest BCUT2D eigenvalue weighted by molar-refractivity contribution is 6.10. The molecule has 6 aromatic carbocycles. The fraction of sp³-hybridized carbons (Fsp3) is 0.214. The maximum Gasteiger partial charge on any atom is 0.0547 e. The molecule has 0 aliphatic heterocycles. The molecular formula is C56H50N2. The molecular weight excluding hydrogens is 701 g/mol. The molecule has 8 aromatic rings. The maximum atomic E-state index is 2.56. The molecule has 2 heterocycles. The summed E-state index contributed by atoms with van der Waals surface area (Å²) in [4.78, 5) is 0. The summed E-state index contributed by atoms with van der Waals surface area (Å²) >= 11 is 0. The van der Waals surface area contributed by atoms with Crippen molar-refractivity contribution in [1.82, 2.24) is 9.13 Å². The molecule has 58 heavy (non-hydrogen) atoms. The van der Waals surface area contributed by atoms with Crippen molar-refractivity contribution < 1.29 is 0 Å². The molecule has 0 radical (unpaired) electrons. The van der Waals surface area contributed by atoms with Gasteiger partial charge in [0.15, 0.2) is 0 Å². The van der Waals surface area contributed by atoms with E-state index < -0.39 is 0 Å². The third kappa shape index (κ3) is 4.97. The number of aryl methyl sites for hydroxylation is 2. The highest BCUT2D eigenvalue weighted by atomic mass is 15.0. The normalized spacial score (nSPS) is 17.9. The van der Waals surface area contributed by atoms with Gasteiger partial charge in [-0.2, -0.15) is 0 Å². The Hall–Kier alpha value is -6.12. The van der Waals surface area contributed by atoms with Gasteiger partial charge in [0.1, 0.15) is 0 Å². The Labute approximate surface area is 342 Å². The number of hydrogen-bond donors (Lipinski definition) is 0. The summed E-state index contributed by atoms with van der Waals surface area (Å²) in [5.74, 6) is 0.550. The minimum absolute atomic E-state index is 0.151. The molecule has 0 fully saturated rings. The van der Waals surface area contributed by atoms with Crippen LogP contribution < -0.4 is 0 Å². The number of allylic oxidation sites excluding steroid dienone is 5. The van der Waals surface area contributed by atoms with Gasteiger partial charge in [-0.3, -0.25) is 0 Å². The van der Waals surface area contributed by atoms with E-state index >= 15 is 0 Å². The largest absolute Gasteiger partial charge is 0.310 e. The van der Waals surface area contributed by atoms with Gasteiger partial charge >= 0.3 is 0 Å². The standard InChI is InChI=1S/C56H50N2/c1-35-15-7-9-17-41(35)37-23-27-47-45-19-11-13-21-51(45)57(53(47)31-37)39-25-29-43-44-30-26-40(34-50(44)56(5,6)55(3,4)49(43)33-39)58-52-22-14-12-20-46(52)48-28-24-38(32-54(48)58)42-18-10-8-16-36(42)2/h7-15,17-23,25-27,29-34,36H,16,24,28H2,1-6H3. The van der Waals surface area contributed by atoms with Crippen LogP contribution in [0.25, 0.3) is 72.4 Å². The number of aromatic nitrogens is 2. The van der Waals surface area contributed by atoms with E-state index in [4.69, 9.17) is 0 Å². The van der Waals surface area contributed by atoms with Crippen LogP contribution >= 0.6 is 0 Å². The first-order valence-electron chi connectivity index (χ1n) is 21.2. The first-order chi connectivity index (χ1) is 28.1. The molecule has 0 saturated carbocycles. The summed E-state index contributed by atoms with van der Waals surface area (Å²) in [6.45, 7) is 14.4. The summed E-state index contributed by atoms with van der Waals surface area (Å²) < 4.78 is 5.06. The van der Waals surface area contributed by atoms with Crippen LogP contribution in [-0.4, -0.2) is 9.13 Å². The zero-order valence-corrected chi connectivity index (χ0v) is 34.5. The van der Waals surface area contributed by atoms with Gasteiger partial charge in [0.25, 0.3) is 0 Å². The second-order valence-electron chi connectivity index (χ2n) is 18.2. The summed E-state index contributed by atoms with van der Waals surface area (Å²) in [7, 11) is 0. The van der Waals surface area contributed by atoms with E-state index in [-0.39, 0.29) is 10.8 Å². The first kappa shape index (κ1) is 35.1. The maximum absolute atomic E-state index is 2.56. The smallest absolute Gasteiger partial charge is 0.0547 e. The van der Waals surface area contributed by atoms with E-state index in [1.54, 1.807) is 0 Å². The molecule has 284 valence electrons. The minimum Gasteiger partial charge on any atom is -0.310 e. The highest BCUT2D eigenvalue weighted by Crippen LogP contribution is 2.55. The minimum atomic E-state index is -0.155. The molecule has 3 aliphatic rings. The van der Waals surface area contributed by atoms with Gasteiger partial charge in [0, 0.05) is 27.5 Å². The van der Waals surface area contributed by atoms with Gasteiger partial charge in [-0.1, -0.05) is 138 Å². The van der Waals surface area contributed by atoms with Gasteiger partial charge in [-0.15, -0.1) is 0 Å². The van der Waals surface area contributed by atoms with E-state index in [9.17, 15) is 0 Å². The lowest BCUT2D eigenvalue weighted by Gasteiger charge is -2.48. The van der Waals surface area contributed by atoms with E-state index in [0.29, 0.717) is 5.92 Å². The molecule has 0 bridgehead atoms. The van der Waals surface area contributed by atoms with Gasteiger partial charge in [-0.25, -0.2) is 0 Å². The predicted octanol–water partition coefficient (Wildman–Crippen LogP) is 14.8. The van der Waals surface area contributed by atoms with Crippen LogP contribution in [0.2, 0.25) is 0 Å². The van der Waals surface area contributed by atoms with Crippen LogP contribution in [0.4, 0.5) is 0 Å². The van der Waals surface area contributed by atoms with Gasteiger partial charge in [0.05, 0.1) is 22.2 Å². The van der Waals surface area contributed by atoms with E-state index in [0.717, 1.165) is 19.3 Å². The van der Waals surface area contributed by atoms with Crippen molar-refractivity contribution in [2.75, 3.05) is 0 Å². The Bertz CT molecular complexity index is 3110. The first-order valence-corrected chi connectivity index (χ1v) is 21.2. The number of para-hydroxylation sites is 2. The second-order valence-corrected chi connectivity index (χ2v) is 18.2. The van der Waals surface area contributed by atoms with Crippen molar-refractivity contribution in [3.8, 4) is 33.6 Å². The Kier molecular flexibility index (Phi) is 7.67. The number of fused-ring (bicyclic) bond motifs is 9. The zero-order valence-electron chi connectivity index (χ0n) is 34.5. The quantitative estimate of drug-likeness (QED) is 0.170. The lowest BCUT2D eigenvalue weighted by Crippen LogP contribution is -2.43. The molecule has 3 aliphatic carbocycles. The van der Waals surface area contributed by atoms with Crippen molar-refractivity contribution in [2.45, 2.75) is 71.6 Å². The van der Waals surface area contributed by atoms with Crippen LogP contribution in [0.5, 0.6) is 0 Å². The number of benzene rings is 6. The average molecular weight is 751 g/mol. The molecule has 2 heteroatoms. The third-order valence-corrected chi connectivity index (χ3v) is 14.6. The van der Waals surface area contributed by atoms with Crippen LogP contribution in [0, 0.1) is 12.8 Å². The van der Waals surface area contributed by atoms with Gasteiger partial charge in [0.2, 0.25) is 0 Å². The molecule has 1 atom stereocenters. The summed E-state index contributed by atoms with van der Waals surface area (Å²) in [5.41, 5.74) is 21.1. The number of hydrogen-bond acceptors (Lipinski definition) is 0. The Morgan fingerprint density at radius 1 is 0.569 bits per heavy atom. The van der Waals surface area contributed by atoms with E-state index in [1.807, 2.05) is 0 Å². The third-order valence-electron chi connectivity index (χ3n) is 14.6. The molecule has 0 spiro atoms. The van der Waals surface area contributed by atoms with Crippen molar-refractivity contribution in [3.63, 3.8) is 0 Å². The Morgan fingerprint density at radius 3 is 1.90 bits per heavy atom. The molecule has 0 amide bonds. The molecule has 11 rings (SSSR count). The predicted molar refractivity (Wildman–Crippen MR) is 247 cm³/mol. The summed E-state index contributed by atoms with van der Waals surface area (Å²) in [6.07, 6.45) is 12.7. The SMILES string of the molecule is Cc1ccccc1-c1ccc2c3ccccc3n(-c3ccc4c(c3)C(C)(C)C(C)(C)c3cc(-n5c6c(c7ccccc75)CCC(C5=CC=CCC5C)=C6)ccc3-4)c2c1. The van der Waals surface area contributed by atoms with Crippen molar-refractivity contribution >= 4 is 38.8 Å². The van der Waals surface area contributed by atoms with Crippen LogP contribution in [-0.2, 0) is 17.3 Å². The fourth-order valence-corrected chi connectivity index (χ4v) is 10.7. The zero-order chi connectivity index (χ0) is 39.5. The summed E-state index contributed by atoms with van der Waals surface area (Å²) in [5, 5.41) is 3.95. The summed E-state index contributed by atoms with van der Waals surface area (Å²) in [6, 6.07) is 48.2. The Morgan fingerprint density at radius 2 is 1.19 bits per heavy atom. The van der Waals surface area contributed by atoms with E-state index in [1.165, 1.54) is 105 Å². The number of nitrogens with zero attached hydrogens (tertiary/aromatic N) is 2. The monoisotopic (exact) mass is 750 g/mol. The van der Waals surface area contributed by atoms with Gasteiger partial charge < -0.3 is 9.13 Å². The fourth-order valence-electron chi connectivity index (χ4n) is 10.7. The highest BCUT2D eigenvalue weighted by Gasteiger charge is 2.46. The lowest BCUT2D eigenvalue weighted by molar-refractivity contribution is 0.299. The topological polar surface area (TPSA) is 9.86 Å². The number of rotatable bonds is 4. The van der Waals surface area contributed by atoms with Gasteiger partial charge in [-0.05, 0) is 147 Å². The second kappa shape index (κ2) is 12.7. The van der Waals surface area contributed by atoms with Crippen LogP contribution in [0.1, 0.15) is 75.4 Å². The average Bonchev–Trinajstić information content (AvgIpc) is 3.75. The molecule has 0 saturated heterocycles. The van der Waals surface area contributed by atoms with Crippen molar-refractivity contribution in [3.05, 3.63) is 185 Å². The molecule has 2 aromatic heterocycles.